The maximum absolute atomic E-state index is 11.4. The Bertz CT molecular complexity index is 640. The van der Waals surface area contributed by atoms with Gasteiger partial charge in [-0.25, -0.2) is 0 Å². The minimum atomic E-state index is -0.964. The first-order valence-corrected chi connectivity index (χ1v) is 6.18. The van der Waals surface area contributed by atoms with Crippen molar-refractivity contribution in [1.82, 2.24) is 0 Å². The standard InChI is InChI=1S/C12H12N2O8/c1-3-10(15)21-9-6-7(13(17)18)5-8(14(19)20)12(9)22-11(16)4-2/h5-6H,3-4H2,1-2H3. The van der Waals surface area contributed by atoms with E-state index in [9.17, 15) is 29.8 Å². The Morgan fingerprint density at radius 2 is 1.55 bits per heavy atom. The highest BCUT2D eigenvalue weighted by atomic mass is 16.6. The summed E-state index contributed by atoms with van der Waals surface area (Å²) in [7, 11) is 0. The van der Waals surface area contributed by atoms with Crippen molar-refractivity contribution in [2.24, 2.45) is 0 Å². The van der Waals surface area contributed by atoms with Crippen LogP contribution in [0.25, 0.3) is 0 Å². The molecule has 10 nitrogen and oxygen atoms in total. The molecule has 0 aliphatic heterocycles. The fraction of sp³-hybridized carbons (Fsp3) is 0.333. The highest BCUT2D eigenvalue weighted by Crippen LogP contribution is 2.41. The molecule has 0 saturated carbocycles. The molecule has 0 heterocycles. The molecule has 0 amide bonds. The van der Waals surface area contributed by atoms with E-state index in [1.807, 2.05) is 0 Å². The van der Waals surface area contributed by atoms with E-state index in [0.717, 1.165) is 6.07 Å². The summed E-state index contributed by atoms with van der Waals surface area (Å²) in [5, 5.41) is 21.8. The van der Waals surface area contributed by atoms with E-state index < -0.39 is 44.7 Å². The molecule has 0 radical (unpaired) electrons. The second-order valence-corrected chi connectivity index (χ2v) is 3.96. The molecule has 0 aromatic heterocycles. The molecule has 0 aliphatic carbocycles. The number of nitrogens with zero attached hydrogens (tertiary/aromatic N) is 2. The van der Waals surface area contributed by atoms with Crippen LogP contribution < -0.4 is 9.47 Å². The van der Waals surface area contributed by atoms with Gasteiger partial charge in [-0.05, 0) is 0 Å². The molecule has 0 fully saturated rings. The Labute approximate surface area is 123 Å². The zero-order valence-corrected chi connectivity index (χ0v) is 11.7. The lowest BCUT2D eigenvalue weighted by Gasteiger charge is -2.10. The summed E-state index contributed by atoms with van der Waals surface area (Å²) in [5.41, 5.74) is -1.50. The van der Waals surface area contributed by atoms with Crippen LogP contribution in [0.4, 0.5) is 11.4 Å². The highest BCUT2D eigenvalue weighted by molar-refractivity contribution is 5.79. The first-order chi connectivity index (χ1) is 10.3. The SMILES string of the molecule is CCC(=O)Oc1cc([N+](=O)[O-])cc([N+](=O)[O-])c1OC(=O)CC. The molecule has 0 atom stereocenters. The van der Waals surface area contributed by atoms with Crippen LogP contribution in [0.5, 0.6) is 11.5 Å². The number of benzene rings is 1. The summed E-state index contributed by atoms with van der Waals surface area (Å²) < 4.78 is 9.58. The Hall–Kier alpha value is -3.04. The third-order valence-electron chi connectivity index (χ3n) is 2.44. The van der Waals surface area contributed by atoms with Crippen molar-refractivity contribution in [3.05, 3.63) is 32.4 Å². The molecule has 0 unspecified atom stereocenters. The van der Waals surface area contributed by atoms with Gasteiger partial charge in [0.2, 0.25) is 0 Å². The third-order valence-corrected chi connectivity index (χ3v) is 2.44. The molecule has 118 valence electrons. The van der Waals surface area contributed by atoms with Crippen LogP contribution in [-0.2, 0) is 9.59 Å². The predicted molar refractivity (Wildman–Crippen MR) is 71.6 cm³/mol. The number of esters is 2. The Morgan fingerprint density at radius 3 is 2.00 bits per heavy atom. The average molecular weight is 312 g/mol. The fourth-order valence-electron chi connectivity index (χ4n) is 1.37. The summed E-state index contributed by atoms with van der Waals surface area (Å²) >= 11 is 0. The normalized spacial score (nSPS) is 9.91. The topological polar surface area (TPSA) is 139 Å². The molecule has 1 rings (SSSR count). The summed E-state index contributed by atoms with van der Waals surface area (Å²) in [6.45, 7) is 2.92. The first-order valence-electron chi connectivity index (χ1n) is 6.18. The van der Waals surface area contributed by atoms with Crippen LogP contribution in [-0.4, -0.2) is 21.8 Å². The fourth-order valence-corrected chi connectivity index (χ4v) is 1.37. The monoisotopic (exact) mass is 312 g/mol. The lowest BCUT2D eigenvalue weighted by atomic mass is 10.2. The molecular weight excluding hydrogens is 300 g/mol. The number of carbonyl (C=O) groups excluding carboxylic acids is 2. The number of ether oxygens (including phenoxy) is 2. The lowest BCUT2D eigenvalue weighted by molar-refractivity contribution is -0.394. The number of non-ortho nitro benzene ring substituents is 1. The maximum atomic E-state index is 11.4. The quantitative estimate of drug-likeness (QED) is 0.337. The zero-order chi connectivity index (χ0) is 16.9. The largest absolute Gasteiger partial charge is 0.422 e. The number of nitro benzene ring substituents is 2. The van der Waals surface area contributed by atoms with Gasteiger partial charge in [0.25, 0.3) is 11.4 Å². The number of carbonyl (C=O) groups is 2. The van der Waals surface area contributed by atoms with Crippen molar-refractivity contribution in [3.8, 4) is 11.5 Å². The second kappa shape index (κ2) is 7.11. The zero-order valence-electron chi connectivity index (χ0n) is 11.7. The summed E-state index contributed by atoms with van der Waals surface area (Å²) in [6, 6.07) is 1.42. The van der Waals surface area contributed by atoms with E-state index in [-0.39, 0.29) is 12.8 Å². The summed E-state index contributed by atoms with van der Waals surface area (Å²) in [4.78, 5) is 42.7. The van der Waals surface area contributed by atoms with Gasteiger partial charge in [-0.1, -0.05) is 13.8 Å². The highest BCUT2D eigenvalue weighted by Gasteiger charge is 2.29. The van der Waals surface area contributed by atoms with Crippen molar-refractivity contribution in [2.75, 3.05) is 0 Å². The third kappa shape index (κ3) is 3.98. The van der Waals surface area contributed by atoms with Gasteiger partial charge in [-0.2, -0.15) is 0 Å². The van der Waals surface area contributed by atoms with E-state index >= 15 is 0 Å². The Balaban J connectivity index is 3.51. The van der Waals surface area contributed by atoms with Crippen molar-refractivity contribution in [2.45, 2.75) is 26.7 Å². The summed E-state index contributed by atoms with van der Waals surface area (Å²) in [6.07, 6.45) is -0.160. The Kier molecular flexibility index (Phi) is 5.50. The van der Waals surface area contributed by atoms with E-state index in [4.69, 9.17) is 9.47 Å². The number of hydrogen-bond donors (Lipinski definition) is 0. The van der Waals surface area contributed by atoms with Crippen molar-refractivity contribution >= 4 is 23.3 Å². The number of hydrogen-bond acceptors (Lipinski definition) is 8. The molecule has 1 aromatic rings. The first kappa shape index (κ1) is 17.0. The van der Waals surface area contributed by atoms with Crippen LogP contribution in [0.2, 0.25) is 0 Å². The smallest absolute Gasteiger partial charge is 0.322 e. The molecule has 0 saturated heterocycles. The van der Waals surface area contributed by atoms with Gasteiger partial charge in [0.05, 0.1) is 22.0 Å². The second-order valence-electron chi connectivity index (χ2n) is 3.96. The van der Waals surface area contributed by atoms with Crippen molar-refractivity contribution in [3.63, 3.8) is 0 Å². The molecule has 0 spiro atoms. The maximum Gasteiger partial charge on any atom is 0.322 e. The van der Waals surface area contributed by atoms with Gasteiger partial charge in [0, 0.05) is 12.8 Å². The molecule has 0 aliphatic rings. The molecule has 22 heavy (non-hydrogen) atoms. The Morgan fingerprint density at radius 1 is 1.00 bits per heavy atom. The molecule has 10 heteroatoms. The predicted octanol–water partition coefficient (Wildman–Crippen LogP) is 2.13. The molecular formula is C12H12N2O8. The van der Waals surface area contributed by atoms with E-state index in [1.165, 1.54) is 13.8 Å². The number of nitro groups is 2. The minimum Gasteiger partial charge on any atom is -0.422 e. The molecule has 1 aromatic carbocycles. The lowest BCUT2D eigenvalue weighted by Crippen LogP contribution is -2.12. The molecule has 0 bridgehead atoms. The van der Waals surface area contributed by atoms with Crippen LogP contribution in [0.1, 0.15) is 26.7 Å². The van der Waals surface area contributed by atoms with E-state index in [0.29, 0.717) is 6.07 Å². The van der Waals surface area contributed by atoms with Crippen LogP contribution in [0.15, 0.2) is 12.1 Å². The van der Waals surface area contributed by atoms with Crippen molar-refractivity contribution in [1.29, 1.82) is 0 Å². The van der Waals surface area contributed by atoms with Crippen LogP contribution >= 0.6 is 0 Å². The average Bonchev–Trinajstić information content (AvgIpc) is 2.47. The van der Waals surface area contributed by atoms with E-state index in [1.54, 1.807) is 0 Å². The molecule has 0 N–H and O–H groups in total. The number of rotatable bonds is 6. The van der Waals surface area contributed by atoms with Gasteiger partial charge < -0.3 is 9.47 Å². The van der Waals surface area contributed by atoms with Gasteiger partial charge >= 0.3 is 17.6 Å². The van der Waals surface area contributed by atoms with Crippen molar-refractivity contribution < 1.29 is 28.9 Å². The van der Waals surface area contributed by atoms with Gasteiger partial charge in [0.1, 0.15) is 0 Å². The van der Waals surface area contributed by atoms with E-state index in [2.05, 4.69) is 0 Å². The summed E-state index contributed by atoms with van der Waals surface area (Å²) in [5.74, 6) is -2.78. The van der Waals surface area contributed by atoms with Gasteiger partial charge in [-0.15, -0.1) is 0 Å². The van der Waals surface area contributed by atoms with Crippen LogP contribution in [0.3, 0.4) is 0 Å². The van der Waals surface area contributed by atoms with Gasteiger partial charge in [0.15, 0.2) is 5.75 Å². The van der Waals surface area contributed by atoms with Crippen LogP contribution in [0, 0.1) is 20.2 Å². The van der Waals surface area contributed by atoms with Gasteiger partial charge in [-0.3, -0.25) is 29.8 Å². The minimum absolute atomic E-state index is 0.0718.